The molecule has 0 saturated carbocycles. The summed E-state index contributed by atoms with van der Waals surface area (Å²) in [6.07, 6.45) is 0.321. The molecule has 2 rings (SSSR count). The van der Waals surface area contributed by atoms with Crippen molar-refractivity contribution in [3.63, 3.8) is 0 Å². The van der Waals surface area contributed by atoms with Gasteiger partial charge in [0.05, 0.1) is 13.5 Å². The molecule has 0 aliphatic carbocycles. The SMILES string of the molecule is COc1c(O)ccc2cc(CCC(=O)O)oc12. The van der Waals surface area contributed by atoms with E-state index in [0.717, 1.165) is 5.39 Å². The lowest BCUT2D eigenvalue weighted by Gasteiger charge is -2.02. The molecule has 2 aromatic rings. The molecule has 1 heterocycles. The van der Waals surface area contributed by atoms with Gasteiger partial charge in [-0.3, -0.25) is 4.79 Å². The normalized spacial score (nSPS) is 10.6. The Kier molecular flexibility index (Phi) is 2.91. The van der Waals surface area contributed by atoms with Gasteiger partial charge in [0.1, 0.15) is 5.76 Å². The van der Waals surface area contributed by atoms with Crippen LogP contribution in [0.3, 0.4) is 0 Å². The molecule has 0 amide bonds. The minimum Gasteiger partial charge on any atom is -0.504 e. The van der Waals surface area contributed by atoms with Gasteiger partial charge >= 0.3 is 5.97 Å². The van der Waals surface area contributed by atoms with Gasteiger partial charge in [0.25, 0.3) is 0 Å². The number of aliphatic carboxylic acids is 1. The van der Waals surface area contributed by atoms with Crippen molar-refractivity contribution in [2.24, 2.45) is 0 Å². The fourth-order valence-corrected chi connectivity index (χ4v) is 1.67. The lowest BCUT2D eigenvalue weighted by atomic mass is 10.2. The van der Waals surface area contributed by atoms with Crippen LogP contribution < -0.4 is 4.74 Å². The molecule has 0 fully saturated rings. The predicted octanol–water partition coefficient (Wildman–Crippen LogP) is 2.16. The first-order valence-electron chi connectivity index (χ1n) is 5.12. The van der Waals surface area contributed by atoms with E-state index in [-0.39, 0.29) is 17.9 Å². The van der Waals surface area contributed by atoms with Crippen LogP contribution in [0.4, 0.5) is 0 Å². The number of carboxylic acids is 1. The highest BCUT2D eigenvalue weighted by atomic mass is 16.5. The third-order valence-electron chi connectivity index (χ3n) is 2.46. The molecule has 0 spiro atoms. The monoisotopic (exact) mass is 236 g/mol. The summed E-state index contributed by atoms with van der Waals surface area (Å²) in [6, 6.07) is 4.96. The van der Waals surface area contributed by atoms with Crippen LogP contribution >= 0.6 is 0 Å². The van der Waals surface area contributed by atoms with E-state index in [2.05, 4.69) is 0 Å². The highest BCUT2D eigenvalue weighted by molar-refractivity contribution is 5.86. The number of rotatable bonds is 4. The Morgan fingerprint density at radius 2 is 2.24 bits per heavy atom. The van der Waals surface area contributed by atoms with Crippen molar-refractivity contribution in [1.29, 1.82) is 0 Å². The molecule has 17 heavy (non-hydrogen) atoms. The lowest BCUT2D eigenvalue weighted by molar-refractivity contribution is -0.137. The number of fused-ring (bicyclic) bond motifs is 1. The molecule has 90 valence electrons. The van der Waals surface area contributed by atoms with Crippen molar-refractivity contribution in [2.45, 2.75) is 12.8 Å². The predicted molar refractivity (Wildman–Crippen MR) is 60.4 cm³/mol. The van der Waals surface area contributed by atoms with Gasteiger partial charge < -0.3 is 19.4 Å². The maximum Gasteiger partial charge on any atom is 0.303 e. The van der Waals surface area contributed by atoms with E-state index in [4.69, 9.17) is 14.3 Å². The standard InChI is InChI=1S/C12H12O5/c1-16-12-9(13)4-2-7-6-8(17-11(7)12)3-5-10(14)15/h2,4,6,13H,3,5H2,1H3,(H,14,15). The van der Waals surface area contributed by atoms with Gasteiger partial charge in [-0.2, -0.15) is 0 Å². The van der Waals surface area contributed by atoms with E-state index in [9.17, 15) is 9.90 Å². The third-order valence-corrected chi connectivity index (χ3v) is 2.46. The van der Waals surface area contributed by atoms with Crippen molar-refractivity contribution < 1.29 is 24.2 Å². The highest BCUT2D eigenvalue weighted by Gasteiger charge is 2.13. The van der Waals surface area contributed by atoms with Gasteiger partial charge in [-0.1, -0.05) is 0 Å². The Morgan fingerprint density at radius 3 is 2.88 bits per heavy atom. The van der Waals surface area contributed by atoms with Gasteiger partial charge in [0, 0.05) is 11.8 Å². The zero-order valence-corrected chi connectivity index (χ0v) is 9.27. The van der Waals surface area contributed by atoms with Crippen LogP contribution in [0.5, 0.6) is 11.5 Å². The number of benzene rings is 1. The lowest BCUT2D eigenvalue weighted by Crippen LogP contribution is -1.95. The van der Waals surface area contributed by atoms with Crippen LogP contribution in [0.15, 0.2) is 22.6 Å². The summed E-state index contributed by atoms with van der Waals surface area (Å²) in [7, 11) is 1.44. The second-order valence-corrected chi connectivity index (χ2v) is 3.64. The van der Waals surface area contributed by atoms with Crippen LogP contribution in [-0.4, -0.2) is 23.3 Å². The second-order valence-electron chi connectivity index (χ2n) is 3.64. The largest absolute Gasteiger partial charge is 0.504 e. The first-order valence-corrected chi connectivity index (χ1v) is 5.12. The zero-order chi connectivity index (χ0) is 12.4. The number of phenolic OH excluding ortho intramolecular Hbond substituents is 1. The molecule has 2 N–H and O–H groups in total. The maximum atomic E-state index is 10.5. The van der Waals surface area contributed by atoms with Crippen molar-refractivity contribution in [3.8, 4) is 11.5 Å². The number of phenols is 1. The molecule has 0 bridgehead atoms. The Hall–Kier alpha value is -2.17. The van der Waals surface area contributed by atoms with E-state index in [1.165, 1.54) is 13.2 Å². The Bertz CT molecular complexity index is 555. The van der Waals surface area contributed by atoms with E-state index < -0.39 is 5.97 Å². The fraction of sp³-hybridized carbons (Fsp3) is 0.250. The summed E-state index contributed by atoms with van der Waals surface area (Å²) in [4.78, 5) is 10.5. The number of furan rings is 1. The molecule has 1 aromatic heterocycles. The van der Waals surface area contributed by atoms with Crippen LogP contribution in [-0.2, 0) is 11.2 Å². The van der Waals surface area contributed by atoms with E-state index in [1.54, 1.807) is 12.1 Å². The molecule has 0 saturated heterocycles. The van der Waals surface area contributed by atoms with Gasteiger partial charge in [-0.05, 0) is 18.2 Å². The number of carbonyl (C=O) groups is 1. The quantitative estimate of drug-likeness (QED) is 0.850. The van der Waals surface area contributed by atoms with Crippen molar-refractivity contribution >= 4 is 16.9 Å². The molecule has 0 radical (unpaired) electrons. The van der Waals surface area contributed by atoms with E-state index in [0.29, 0.717) is 17.8 Å². The molecule has 5 nitrogen and oxygen atoms in total. The maximum absolute atomic E-state index is 10.5. The van der Waals surface area contributed by atoms with E-state index in [1.807, 2.05) is 0 Å². The van der Waals surface area contributed by atoms with Crippen LogP contribution in [0.1, 0.15) is 12.2 Å². The van der Waals surface area contributed by atoms with Crippen LogP contribution in [0.25, 0.3) is 11.0 Å². The minimum atomic E-state index is -0.875. The molecule has 0 aliphatic heterocycles. The number of hydrogen-bond acceptors (Lipinski definition) is 4. The minimum absolute atomic E-state index is 0.000801. The summed E-state index contributed by atoms with van der Waals surface area (Å²) >= 11 is 0. The average molecular weight is 236 g/mol. The van der Waals surface area contributed by atoms with Gasteiger partial charge in [0.2, 0.25) is 5.75 Å². The van der Waals surface area contributed by atoms with Crippen molar-refractivity contribution in [1.82, 2.24) is 0 Å². The smallest absolute Gasteiger partial charge is 0.303 e. The number of aryl methyl sites for hydroxylation is 1. The highest BCUT2D eigenvalue weighted by Crippen LogP contribution is 2.36. The molecule has 5 heteroatoms. The number of carboxylic acid groups (broad SMARTS) is 1. The summed E-state index contributed by atoms with van der Waals surface area (Å²) in [5, 5.41) is 18.9. The molecular weight excluding hydrogens is 224 g/mol. The Morgan fingerprint density at radius 1 is 1.47 bits per heavy atom. The van der Waals surface area contributed by atoms with E-state index >= 15 is 0 Å². The number of methoxy groups -OCH3 is 1. The van der Waals surface area contributed by atoms with Gasteiger partial charge in [-0.25, -0.2) is 0 Å². The first kappa shape index (κ1) is 11.3. The van der Waals surface area contributed by atoms with Gasteiger partial charge in [0.15, 0.2) is 11.3 Å². The number of ether oxygens (including phenoxy) is 1. The fourth-order valence-electron chi connectivity index (χ4n) is 1.67. The molecular formula is C12H12O5. The van der Waals surface area contributed by atoms with Crippen LogP contribution in [0.2, 0.25) is 0 Å². The molecule has 0 unspecified atom stereocenters. The summed E-state index contributed by atoms with van der Waals surface area (Å²) in [5.74, 6) is -0.0465. The number of hydrogen-bond donors (Lipinski definition) is 2. The third kappa shape index (κ3) is 2.18. The molecule has 0 atom stereocenters. The van der Waals surface area contributed by atoms with Gasteiger partial charge in [-0.15, -0.1) is 0 Å². The molecule has 0 aliphatic rings. The average Bonchev–Trinajstić information content (AvgIpc) is 2.69. The second kappa shape index (κ2) is 4.37. The van der Waals surface area contributed by atoms with Crippen molar-refractivity contribution in [3.05, 3.63) is 24.0 Å². The van der Waals surface area contributed by atoms with Crippen molar-refractivity contribution in [2.75, 3.05) is 7.11 Å². The summed E-state index contributed by atoms with van der Waals surface area (Å²) < 4.78 is 10.5. The van der Waals surface area contributed by atoms with Crippen LogP contribution in [0, 0.1) is 0 Å². The Labute approximate surface area is 97.2 Å². The first-order chi connectivity index (χ1) is 8.11. The summed E-state index contributed by atoms with van der Waals surface area (Å²) in [6.45, 7) is 0. The summed E-state index contributed by atoms with van der Waals surface area (Å²) in [5.41, 5.74) is 0.438. The topological polar surface area (TPSA) is 79.9 Å². The Balaban J connectivity index is 2.39. The number of aromatic hydroxyl groups is 1. The zero-order valence-electron chi connectivity index (χ0n) is 9.27. The molecule has 1 aromatic carbocycles.